The van der Waals surface area contributed by atoms with Gasteiger partial charge in [0.1, 0.15) is 0 Å². The molecule has 1 N–H and O–H groups in total. The van der Waals surface area contributed by atoms with E-state index in [0.717, 1.165) is 41.8 Å². The van der Waals surface area contributed by atoms with Crippen LogP contribution in [0.15, 0.2) is 24.3 Å². The second-order valence-electron chi connectivity index (χ2n) is 6.33. The first kappa shape index (κ1) is 17.6. The van der Waals surface area contributed by atoms with E-state index < -0.39 is 0 Å². The van der Waals surface area contributed by atoms with E-state index in [-0.39, 0.29) is 19.1 Å². The van der Waals surface area contributed by atoms with Crippen molar-refractivity contribution in [2.45, 2.75) is 26.2 Å². The summed E-state index contributed by atoms with van der Waals surface area (Å²) in [7, 11) is 1.60. The molecule has 0 atom stereocenters. The number of ether oxygens (including phenoxy) is 1. The van der Waals surface area contributed by atoms with Crippen LogP contribution in [-0.4, -0.2) is 59.1 Å². The van der Waals surface area contributed by atoms with Gasteiger partial charge in [-0.1, -0.05) is 18.2 Å². The number of fused-ring (bicyclic) bond motifs is 1. The molecule has 0 spiro atoms. The van der Waals surface area contributed by atoms with Crippen LogP contribution in [0, 0.1) is 6.92 Å². The monoisotopic (exact) mass is 343 g/mol. The van der Waals surface area contributed by atoms with Gasteiger partial charge in [-0.2, -0.15) is 5.10 Å². The van der Waals surface area contributed by atoms with Crippen molar-refractivity contribution in [1.29, 1.82) is 0 Å². The number of aliphatic hydroxyl groups is 1. The maximum absolute atomic E-state index is 13.0. The third-order valence-corrected chi connectivity index (χ3v) is 4.70. The summed E-state index contributed by atoms with van der Waals surface area (Å²) in [6, 6.07) is 8.08. The molecule has 6 nitrogen and oxygen atoms in total. The van der Waals surface area contributed by atoms with Crippen LogP contribution in [0.2, 0.25) is 0 Å². The number of carbonyl (C=O) groups excluding carboxylic acids is 1. The van der Waals surface area contributed by atoms with Crippen LogP contribution >= 0.6 is 0 Å². The molecule has 3 rings (SSSR count). The lowest BCUT2D eigenvalue weighted by Gasteiger charge is -2.20. The SMILES string of the molecule is COCCN(CCO)C(=O)c1nn(-c2ccccc2C)c2c1CCC2. The molecule has 0 fully saturated rings. The number of methoxy groups -OCH3 is 1. The summed E-state index contributed by atoms with van der Waals surface area (Å²) in [5.74, 6) is -0.128. The minimum atomic E-state index is -0.128. The van der Waals surface area contributed by atoms with Gasteiger partial charge in [-0.05, 0) is 37.8 Å². The molecule has 2 aromatic rings. The molecule has 0 aliphatic heterocycles. The summed E-state index contributed by atoms with van der Waals surface area (Å²) in [5, 5.41) is 14.0. The first-order chi connectivity index (χ1) is 12.2. The number of aliphatic hydroxyl groups excluding tert-OH is 1. The fraction of sp³-hybridized carbons (Fsp3) is 0.474. The van der Waals surface area contributed by atoms with E-state index in [1.807, 2.05) is 22.9 Å². The van der Waals surface area contributed by atoms with Gasteiger partial charge in [0.15, 0.2) is 5.69 Å². The molecule has 1 heterocycles. The minimum Gasteiger partial charge on any atom is -0.395 e. The Morgan fingerprint density at radius 1 is 1.32 bits per heavy atom. The Balaban J connectivity index is 1.99. The highest BCUT2D eigenvalue weighted by Gasteiger charge is 2.29. The zero-order chi connectivity index (χ0) is 17.8. The van der Waals surface area contributed by atoms with Crippen molar-refractivity contribution < 1.29 is 14.6 Å². The quantitative estimate of drug-likeness (QED) is 0.832. The summed E-state index contributed by atoms with van der Waals surface area (Å²) >= 11 is 0. The average Bonchev–Trinajstić information content (AvgIpc) is 3.21. The van der Waals surface area contributed by atoms with Crippen LogP contribution in [-0.2, 0) is 17.6 Å². The number of aryl methyl sites for hydroxylation is 1. The summed E-state index contributed by atoms with van der Waals surface area (Å²) in [6.45, 7) is 3.15. The zero-order valence-electron chi connectivity index (χ0n) is 14.9. The molecule has 6 heteroatoms. The molecule has 1 aromatic carbocycles. The number of hydrogen-bond donors (Lipinski definition) is 1. The van der Waals surface area contributed by atoms with Crippen molar-refractivity contribution in [3.05, 3.63) is 46.8 Å². The number of hydrogen-bond acceptors (Lipinski definition) is 4. The van der Waals surface area contributed by atoms with Crippen LogP contribution < -0.4 is 0 Å². The lowest BCUT2D eigenvalue weighted by atomic mass is 10.1. The third-order valence-electron chi connectivity index (χ3n) is 4.70. The van der Waals surface area contributed by atoms with Gasteiger partial charge in [0.25, 0.3) is 5.91 Å². The fourth-order valence-corrected chi connectivity index (χ4v) is 3.40. The predicted molar refractivity (Wildman–Crippen MR) is 95.2 cm³/mol. The maximum Gasteiger partial charge on any atom is 0.274 e. The van der Waals surface area contributed by atoms with Gasteiger partial charge >= 0.3 is 0 Å². The predicted octanol–water partition coefficient (Wildman–Crippen LogP) is 1.75. The number of aromatic nitrogens is 2. The van der Waals surface area contributed by atoms with Crippen LogP contribution in [0.1, 0.15) is 33.7 Å². The molecule has 0 radical (unpaired) electrons. The fourth-order valence-electron chi connectivity index (χ4n) is 3.40. The molecule has 0 saturated carbocycles. The molecule has 134 valence electrons. The molecule has 1 aliphatic carbocycles. The minimum absolute atomic E-state index is 0.0733. The van der Waals surface area contributed by atoms with Gasteiger partial charge in [-0.3, -0.25) is 4.79 Å². The number of benzene rings is 1. The Kier molecular flexibility index (Phi) is 5.50. The number of carbonyl (C=O) groups is 1. The van der Waals surface area contributed by atoms with Gasteiger partial charge in [-0.15, -0.1) is 0 Å². The average molecular weight is 343 g/mol. The van der Waals surface area contributed by atoms with Gasteiger partial charge in [-0.25, -0.2) is 4.68 Å². The Hall–Kier alpha value is -2.18. The van der Waals surface area contributed by atoms with E-state index in [4.69, 9.17) is 4.74 Å². The van der Waals surface area contributed by atoms with E-state index in [9.17, 15) is 9.90 Å². The summed E-state index contributed by atoms with van der Waals surface area (Å²) in [5.41, 5.74) is 4.85. The van der Waals surface area contributed by atoms with Crippen LogP contribution in [0.4, 0.5) is 0 Å². The van der Waals surface area contributed by atoms with Gasteiger partial charge in [0, 0.05) is 31.5 Å². The Morgan fingerprint density at radius 2 is 2.12 bits per heavy atom. The van der Waals surface area contributed by atoms with E-state index in [2.05, 4.69) is 18.1 Å². The van der Waals surface area contributed by atoms with E-state index in [1.54, 1.807) is 12.0 Å². The summed E-state index contributed by atoms with van der Waals surface area (Å²) in [4.78, 5) is 14.6. The number of nitrogens with zero attached hydrogens (tertiary/aromatic N) is 3. The molecule has 1 aromatic heterocycles. The topological polar surface area (TPSA) is 67.6 Å². The zero-order valence-corrected chi connectivity index (χ0v) is 14.9. The highest BCUT2D eigenvalue weighted by molar-refractivity contribution is 5.94. The lowest BCUT2D eigenvalue weighted by Crippen LogP contribution is -2.36. The molecule has 1 amide bonds. The smallest absolute Gasteiger partial charge is 0.274 e. The Bertz CT molecular complexity index is 754. The highest BCUT2D eigenvalue weighted by atomic mass is 16.5. The summed E-state index contributed by atoms with van der Waals surface area (Å²) < 4.78 is 7.02. The first-order valence-corrected chi connectivity index (χ1v) is 8.73. The van der Waals surface area contributed by atoms with E-state index >= 15 is 0 Å². The Labute approximate surface area is 148 Å². The van der Waals surface area contributed by atoms with Crippen LogP contribution in [0.3, 0.4) is 0 Å². The molecule has 0 saturated heterocycles. The molecular formula is C19H25N3O3. The normalized spacial score (nSPS) is 13.1. The van der Waals surface area contributed by atoms with E-state index in [0.29, 0.717) is 18.8 Å². The standard InChI is InChI=1S/C19H25N3O3/c1-14-6-3-4-8-16(14)22-17-9-5-7-15(17)18(20-22)19(24)21(10-12-23)11-13-25-2/h3-4,6,8,23H,5,7,9-13H2,1-2H3. The second-order valence-corrected chi connectivity index (χ2v) is 6.33. The van der Waals surface area contributed by atoms with Gasteiger partial charge < -0.3 is 14.7 Å². The number of amides is 1. The van der Waals surface area contributed by atoms with Crippen molar-refractivity contribution >= 4 is 5.91 Å². The number of para-hydroxylation sites is 1. The largest absolute Gasteiger partial charge is 0.395 e. The molecule has 0 unspecified atom stereocenters. The molecule has 1 aliphatic rings. The molecular weight excluding hydrogens is 318 g/mol. The van der Waals surface area contributed by atoms with E-state index in [1.165, 1.54) is 0 Å². The molecule has 25 heavy (non-hydrogen) atoms. The highest BCUT2D eigenvalue weighted by Crippen LogP contribution is 2.29. The number of rotatable bonds is 7. The van der Waals surface area contributed by atoms with Gasteiger partial charge in [0.05, 0.1) is 18.9 Å². The van der Waals surface area contributed by atoms with Crippen molar-refractivity contribution in [1.82, 2.24) is 14.7 Å². The van der Waals surface area contributed by atoms with Crippen LogP contribution in [0.5, 0.6) is 0 Å². The van der Waals surface area contributed by atoms with Crippen molar-refractivity contribution in [3.8, 4) is 5.69 Å². The van der Waals surface area contributed by atoms with Gasteiger partial charge in [0.2, 0.25) is 0 Å². The van der Waals surface area contributed by atoms with Crippen molar-refractivity contribution in [2.75, 3.05) is 33.4 Å². The Morgan fingerprint density at radius 3 is 2.84 bits per heavy atom. The molecule has 0 bridgehead atoms. The summed E-state index contributed by atoms with van der Waals surface area (Å²) in [6.07, 6.45) is 2.85. The lowest BCUT2D eigenvalue weighted by molar-refractivity contribution is 0.0649. The van der Waals surface area contributed by atoms with Crippen molar-refractivity contribution in [2.24, 2.45) is 0 Å². The third kappa shape index (κ3) is 3.45. The second kappa shape index (κ2) is 7.80. The maximum atomic E-state index is 13.0. The first-order valence-electron chi connectivity index (χ1n) is 8.73. The van der Waals surface area contributed by atoms with Crippen molar-refractivity contribution in [3.63, 3.8) is 0 Å². The van der Waals surface area contributed by atoms with Crippen LogP contribution in [0.25, 0.3) is 5.69 Å².